The second kappa shape index (κ2) is 11.3. The second-order valence-electron chi connectivity index (χ2n) is 8.07. The maximum Gasteiger partial charge on any atom is 0.306 e. The van der Waals surface area contributed by atoms with Crippen molar-refractivity contribution in [2.24, 2.45) is 0 Å². The molecule has 6 nitrogen and oxygen atoms in total. The molecule has 0 spiro atoms. The molecule has 1 unspecified atom stereocenters. The molecule has 2 amide bonds. The van der Waals surface area contributed by atoms with E-state index in [-0.39, 0.29) is 43.2 Å². The minimum atomic E-state index is -0.385. The number of aryl methyl sites for hydroxylation is 1. The van der Waals surface area contributed by atoms with Crippen molar-refractivity contribution in [3.8, 4) is 0 Å². The van der Waals surface area contributed by atoms with Crippen molar-refractivity contribution >= 4 is 29.1 Å². The number of hydrogen-bond donors (Lipinski definition) is 0. The van der Waals surface area contributed by atoms with Gasteiger partial charge in [0.15, 0.2) is 0 Å². The smallest absolute Gasteiger partial charge is 0.306 e. The first kappa shape index (κ1) is 24.0. The van der Waals surface area contributed by atoms with E-state index >= 15 is 0 Å². The van der Waals surface area contributed by atoms with Crippen molar-refractivity contribution in [3.63, 3.8) is 0 Å². The Hall–Kier alpha value is -2.67. The summed E-state index contributed by atoms with van der Waals surface area (Å²) >= 11 is 1.73. The highest BCUT2D eigenvalue weighted by molar-refractivity contribution is 7.10. The number of esters is 1. The molecule has 0 fully saturated rings. The number of ether oxygens (including phenoxy) is 1. The molecule has 7 heteroatoms. The fourth-order valence-electron chi connectivity index (χ4n) is 4.11. The molecule has 1 atom stereocenters. The van der Waals surface area contributed by atoms with Gasteiger partial charge in [0.1, 0.15) is 0 Å². The van der Waals surface area contributed by atoms with E-state index in [1.54, 1.807) is 23.2 Å². The number of rotatable bonds is 9. The van der Waals surface area contributed by atoms with E-state index in [1.165, 1.54) is 16.0 Å². The molecule has 0 radical (unpaired) electrons. The third-order valence-corrected chi connectivity index (χ3v) is 6.70. The maximum absolute atomic E-state index is 13.5. The lowest BCUT2D eigenvalue weighted by molar-refractivity contribution is -0.146. The second-order valence-corrected chi connectivity index (χ2v) is 9.07. The summed E-state index contributed by atoms with van der Waals surface area (Å²) < 4.78 is 4.92. The molecule has 2 heterocycles. The number of fused-ring (bicyclic) bond motifs is 1. The standard InChI is InChI=1S/C25H32N2O4S/c1-4-14-26(22(28)10-11-24(30)31-5-2)17-23(29)27-15-12-21-20(13-16-32-21)25(27)19-8-6-18(3)7-9-19/h6-9,13,16,25H,4-5,10-12,14-15,17H2,1-3H3. The molecule has 1 aliphatic rings. The van der Waals surface area contributed by atoms with Gasteiger partial charge in [0.05, 0.1) is 25.6 Å². The van der Waals surface area contributed by atoms with Gasteiger partial charge in [0.2, 0.25) is 11.8 Å². The van der Waals surface area contributed by atoms with E-state index in [0.717, 1.165) is 18.4 Å². The number of carbonyl (C=O) groups excluding carboxylic acids is 3. The number of amides is 2. The summed E-state index contributed by atoms with van der Waals surface area (Å²) in [5.41, 5.74) is 3.43. The number of hydrogen-bond acceptors (Lipinski definition) is 5. The lowest BCUT2D eigenvalue weighted by atomic mass is 9.92. The summed E-state index contributed by atoms with van der Waals surface area (Å²) in [6.07, 6.45) is 1.66. The van der Waals surface area contributed by atoms with Crippen LogP contribution in [0.3, 0.4) is 0 Å². The Labute approximate surface area is 194 Å². The van der Waals surface area contributed by atoms with E-state index in [2.05, 4.69) is 35.7 Å². The van der Waals surface area contributed by atoms with Gasteiger partial charge in [0, 0.05) is 24.4 Å². The maximum atomic E-state index is 13.5. The molecule has 0 bridgehead atoms. The Kier molecular flexibility index (Phi) is 8.45. The predicted octanol–water partition coefficient (Wildman–Crippen LogP) is 4.11. The summed E-state index contributed by atoms with van der Waals surface area (Å²) in [4.78, 5) is 42.7. The van der Waals surface area contributed by atoms with Gasteiger partial charge in [-0.05, 0) is 49.3 Å². The summed E-state index contributed by atoms with van der Waals surface area (Å²) in [5, 5.41) is 2.09. The van der Waals surface area contributed by atoms with Crippen molar-refractivity contribution in [3.05, 3.63) is 57.3 Å². The van der Waals surface area contributed by atoms with Crippen molar-refractivity contribution < 1.29 is 19.1 Å². The Morgan fingerprint density at radius 1 is 1.12 bits per heavy atom. The molecule has 1 aromatic heterocycles. The normalized spacial score (nSPS) is 15.2. The fraction of sp³-hybridized carbons (Fsp3) is 0.480. The van der Waals surface area contributed by atoms with Gasteiger partial charge in [-0.15, -0.1) is 11.3 Å². The summed E-state index contributed by atoms with van der Waals surface area (Å²) in [6.45, 7) is 7.20. The van der Waals surface area contributed by atoms with Gasteiger partial charge in [-0.1, -0.05) is 36.8 Å². The topological polar surface area (TPSA) is 66.9 Å². The Morgan fingerprint density at radius 3 is 2.56 bits per heavy atom. The summed E-state index contributed by atoms with van der Waals surface area (Å²) in [7, 11) is 0. The highest BCUT2D eigenvalue weighted by Gasteiger charge is 2.33. The van der Waals surface area contributed by atoms with Crippen molar-refractivity contribution in [1.82, 2.24) is 9.80 Å². The first-order chi connectivity index (χ1) is 15.4. The van der Waals surface area contributed by atoms with Gasteiger partial charge >= 0.3 is 5.97 Å². The molecular formula is C25H32N2O4S. The van der Waals surface area contributed by atoms with Gasteiger partial charge in [-0.25, -0.2) is 0 Å². The Morgan fingerprint density at radius 2 is 1.88 bits per heavy atom. The zero-order valence-electron chi connectivity index (χ0n) is 19.1. The van der Waals surface area contributed by atoms with Gasteiger partial charge in [0.25, 0.3) is 0 Å². The van der Waals surface area contributed by atoms with Crippen molar-refractivity contribution in [2.75, 3.05) is 26.2 Å². The molecule has 0 saturated heterocycles. The van der Waals surface area contributed by atoms with Crippen LogP contribution < -0.4 is 0 Å². The van der Waals surface area contributed by atoms with Crippen LogP contribution in [0.2, 0.25) is 0 Å². The minimum absolute atomic E-state index is 0.0251. The van der Waals surface area contributed by atoms with Crippen LogP contribution in [0, 0.1) is 6.92 Å². The Balaban J connectivity index is 1.76. The quantitative estimate of drug-likeness (QED) is 0.533. The fourth-order valence-corrected chi connectivity index (χ4v) is 5.01. The minimum Gasteiger partial charge on any atom is -0.466 e. The van der Waals surface area contributed by atoms with Crippen LogP contribution in [0.15, 0.2) is 35.7 Å². The average Bonchev–Trinajstić information content (AvgIpc) is 3.26. The van der Waals surface area contributed by atoms with Crippen LogP contribution in [-0.2, 0) is 25.5 Å². The monoisotopic (exact) mass is 456 g/mol. The molecule has 1 aromatic carbocycles. The summed E-state index contributed by atoms with van der Waals surface area (Å²) in [6, 6.07) is 10.3. The third-order valence-electron chi connectivity index (χ3n) is 5.70. The van der Waals surface area contributed by atoms with Crippen LogP contribution in [0.5, 0.6) is 0 Å². The molecule has 3 rings (SSSR count). The van der Waals surface area contributed by atoms with Gasteiger partial charge in [-0.2, -0.15) is 0 Å². The SMILES string of the molecule is CCCN(CC(=O)N1CCc2sccc2C1c1ccc(C)cc1)C(=O)CCC(=O)OCC. The molecular weight excluding hydrogens is 424 g/mol. The zero-order chi connectivity index (χ0) is 23.1. The largest absolute Gasteiger partial charge is 0.466 e. The molecule has 32 heavy (non-hydrogen) atoms. The van der Waals surface area contributed by atoms with Crippen LogP contribution in [0.25, 0.3) is 0 Å². The van der Waals surface area contributed by atoms with E-state index in [0.29, 0.717) is 19.7 Å². The number of nitrogens with zero attached hydrogens (tertiary/aromatic N) is 2. The molecule has 172 valence electrons. The Bertz CT molecular complexity index is 938. The van der Waals surface area contributed by atoms with Crippen LogP contribution >= 0.6 is 11.3 Å². The van der Waals surface area contributed by atoms with Crippen LogP contribution in [0.4, 0.5) is 0 Å². The van der Waals surface area contributed by atoms with Crippen molar-refractivity contribution in [1.29, 1.82) is 0 Å². The van der Waals surface area contributed by atoms with Crippen LogP contribution in [0.1, 0.15) is 60.7 Å². The van der Waals surface area contributed by atoms with Crippen molar-refractivity contribution in [2.45, 2.75) is 52.5 Å². The average molecular weight is 457 g/mol. The van der Waals surface area contributed by atoms with E-state index in [9.17, 15) is 14.4 Å². The first-order valence-electron chi connectivity index (χ1n) is 11.3. The zero-order valence-corrected chi connectivity index (χ0v) is 20.0. The third kappa shape index (κ3) is 5.76. The highest BCUT2D eigenvalue weighted by atomic mass is 32.1. The lowest BCUT2D eigenvalue weighted by Gasteiger charge is -2.37. The first-order valence-corrected chi connectivity index (χ1v) is 12.2. The number of thiophene rings is 1. The molecule has 0 N–H and O–H groups in total. The molecule has 1 aliphatic heterocycles. The number of carbonyl (C=O) groups is 3. The molecule has 0 aliphatic carbocycles. The molecule has 2 aromatic rings. The van der Waals surface area contributed by atoms with E-state index in [4.69, 9.17) is 4.74 Å². The number of benzene rings is 1. The van der Waals surface area contributed by atoms with Gasteiger partial charge in [-0.3, -0.25) is 14.4 Å². The predicted molar refractivity (Wildman–Crippen MR) is 125 cm³/mol. The lowest BCUT2D eigenvalue weighted by Crippen LogP contribution is -2.47. The van der Waals surface area contributed by atoms with E-state index in [1.807, 2.05) is 18.7 Å². The van der Waals surface area contributed by atoms with Crippen LogP contribution in [-0.4, -0.2) is 53.8 Å². The summed E-state index contributed by atoms with van der Waals surface area (Å²) in [5.74, 6) is -0.636. The highest BCUT2D eigenvalue weighted by Crippen LogP contribution is 2.38. The van der Waals surface area contributed by atoms with E-state index < -0.39 is 0 Å². The van der Waals surface area contributed by atoms with Gasteiger partial charge < -0.3 is 14.5 Å². The molecule has 0 saturated carbocycles.